The van der Waals surface area contributed by atoms with E-state index in [4.69, 9.17) is 0 Å². The van der Waals surface area contributed by atoms with E-state index in [1.54, 1.807) is 30.3 Å². The van der Waals surface area contributed by atoms with Gasteiger partial charge >= 0.3 is 0 Å². The zero-order chi connectivity index (χ0) is 23.8. The Balaban J connectivity index is 1.60. The van der Waals surface area contributed by atoms with Crippen LogP contribution in [0.15, 0.2) is 73.1 Å². The van der Waals surface area contributed by atoms with Crippen LogP contribution in [0.2, 0.25) is 0 Å². The molecule has 1 heterocycles. The minimum atomic E-state index is -0.962. The van der Waals surface area contributed by atoms with Crippen molar-refractivity contribution in [3.63, 3.8) is 0 Å². The summed E-state index contributed by atoms with van der Waals surface area (Å²) in [5.74, 6) is -2.06. The number of nitrogens with one attached hydrogen (secondary N) is 4. The van der Waals surface area contributed by atoms with Crippen molar-refractivity contribution in [2.45, 2.75) is 19.9 Å². The molecule has 33 heavy (non-hydrogen) atoms. The summed E-state index contributed by atoms with van der Waals surface area (Å²) >= 11 is 0. The number of hydrogen-bond donors (Lipinski definition) is 4. The number of nitrogens with zero attached hydrogens (tertiary/aromatic N) is 1. The minimum absolute atomic E-state index is 0.193. The first kappa shape index (κ1) is 23.1. The van der Waals surface area contributed by atoms with Gasteiger partial charge in [-0.05, 0) is 50.2 Å². The highest BCUT2D eigenvalue weighted by molar-refractivity contribution is 6.09. The predicted molar refractivity (Wildman–Crippen MR) is 122 cm³/mol. The number of aryl methyl sites for hydroxylation is 1. The van der Waals surface area contributed by atoms with Crippen molar-refractivity contribution in [3.05, 3.63) is 95.3 Å². The van der Waals surface area contributed by atoms with E-state index in [1.165, 1.54) is 37.5 Å². The van der Waals surface area contributed by atoms with E-state index in [1.807, 2.05) is 19.1 Å². The molecule has 4 N–H and O–H groups in total. The summed E-state index contributed by atoms with van der Waals surface area (Å²) in [7, 11) is 0. The third kappa shape index (κ3) is 6.23. The van der Waals surface area contributed by atoms with Crippen LogP contribution in [0.25, 0.3) is 0 Å². The van der Waals surface area contributed by atoms with Crippen LogP contribution in [0.1, 0.15) is 43.6 Å². The molecule has 4 amide bonds. The van der Waals surface area contributed by atoms with Crippen molar-refractivity contribution < 1.29 is 19.2 Å². The third-order valence-electron chi connectivity index (χ3n) is 4.72. The fraction of sp³-hybridized carbons (Fsp3) is 0.125. The first-order valence-electron chi connectivity index (χ1n) is 10.1. The minimum Gasteiger partial charge on any atom is -0.340 e. The number of amides is 4. The van der Waals surface area contributed by atoms with Crippen LogP contribution in [0.3, 0.4) is 0 Å². The number of pyridine rings is 1. The van der Waals surface area contributed by atoms with Gasteiger partial charge in [0.2, 0.25) is 0 Å². The van der Waals surface area contributed by atoms with Gasteiger partial charge in [0.05, 0.1) is 11.3 Å². The topological polar surface area (TPSA) is 129 Å². The van der Waals surface area contributed by atoms with Gasteiger partial charge in [-0.2, -0.15) is 0 Å². The Morgan fingerprint density at radius 3 is 2.09 bits per heavy atom. The van der Waals surface area contributed by atoms with Crippen LogP contribution in [0, 0.1) is 6.92 Å². The van der Waals surface area contributed by atoms with Gasteiger partial charge in [-0.15, -0.1) is 0 Å². The largest absolute Gasteiger partial charge is 0.340 e. The van der Waals surface area contributed by atoms with Gasteiger partial charge in [-0.25, -0.2) is 0 Å². The maximum atomic E-state index is 12.8. The number of rotatable bonds is 6. The summed E-state index contributed by atoms with van der Waals surface area (Å²) in [5, 5.41) is 5.28. The van der Waals surface area contributed by atoms with Crippen molar-refractivity contribution in [2.75, 3.05) is 5.32 Å². The van der Waals surface area contributed by atoms with E-state index in [2.05, 4.69) is 26.5 Å². The molecule has 0 radical (unpaired) electrons. The van der Waals surface area contributed by atoms with Crippen molar-refractivity contribution in [2.24, 2.45) is 0 Å². The van der Waals surface area contributed by atoms with E-state index in [9.17, 15) is 19.2 Å². The smallest absolute Gasteiger partial charge is 0.269 e. The highest BCUT2D eigenvalue weighted by Crippen LogP contribution is 2.17. The molecule has 1 unspecified atom stereocenters. The molecule has 0 saturated heterocycles. The number of hydrazine groups is 1. The molecule has 3 rings (SSSR count). The average Bonchev–Trinajstić information content (AvgIpc) is 2.83. The number of hydrogen-bond acceptors (Lipinski definition) is 5. The predicted octanol–water partition coefficient (Wildman–Crippen LogP) is 2.22. The van der Waals surface area contributed by atoms with E-state index < -0.39 is 23.8 Å². The van der Waals surface area contributed by atoms with E-state index in [-0.39, 0.29) is 11.5 Å². The molecule has 9 nitrogen and oxygen atoms in total. The average molecular weight is 445 g/mol. The second kappa shape index (κ2) is 10.7. The molecule has 0 spiro atoms. The lowest BCUT2D eigenvalue weighted by Gasteiger charge is -2.16. The van der Waals surface area contributed by atoms with Crippen LogP contribution >= 0.6 is 0 Å². The van der Waals surface area contributed by atoms with Gasteiger partial charge in [0, 0.05) is 23.5 Å². The summed E-state index contributed by atoms with van der Waals surface area (Å²) in [6, 6.07) is 15.5. The fourth-order valence-electron chi connectivity index (χ4n) is 2.83. The molecule has 0 aliphatic carbocycles. The van der Waals surface area contributed by atoms with E-state index >= 15 is 0 Å². The maximum absolute atomic E-state index is 12.8. The van der Waals surface area contributed by atoms with Gasteiger partial charge in [0.25, 0.3) is 23.6 Å². The van der Waals surface area contributed by atoms with Crippen molar-refractivity contribution in [1.29, 1.82) is 0 Å². The summed E-state index contributed by atoms with van der Waals surface area (Å²) < 4.78 is 0. The second-order valence-electron chi connectivity index (χ2n) is 7.24. The Bertz CT molecular complexity index is 1160. The van der Waals surface area contributed by atoms with Crippen molar-refractivity contribution >= 4 is 29.3 Å². The van der Waals surface area contributed by atoms with E-state index in [0.717, 1.165) is 5.56 Å². The number of carbonyl (C=O) groups is 4. The van der Waals surface area contributed by atoms with Gasteiger partial charge in [-0.3, -0.25) is 35.0 Å². The number of benzene rings is 2. The number of para-hydroxylation sites is 1. The molecule has 2 aromatic carbocycles. The molecule has 0 aliphatic rings. The normalized spacial score (nSPS) is 11.1. The van der Waals surface area contributed by atoms with Gasteiger partial charge in [0.15, 0.2) is 0 Å². The van der Waals surface area contributed by atoms with Gasteiger partial charge < -0.3 is 10.6 Å². The van der Waals surface area contributed by atoms with Crippen LogP contribution < -0.4 is 21.5 Å². The van der Waals surface area contributed by atoms with E-state index in [0.29, 0.717) is 16.8 Å². The Morgan fingerprint density at radius 1 is 0.758 bits per heavy atom. The fourth-order valence-corrected chi connectivity index (χ4v) is 2.83. The zero-order valence-corrected chi connectivity index (χ0v) is 18.1. The molecule has 9 heteroatoms. The number of aromatic nitrogens is 1. The number of carbonyl (C=O) groups excluding carboxylic acids is 4. The van der Waals surface area contributed by atoms with Crippen LogP contribution in [-0.2, 0) is 4.79 Å². The lowest BCUT2D eigenvalue weighted by molar-refractivity contribution is -0.123. The van der Waals surface area contributed by atoms with Crippen LogP contribution in [0.4, 0.5) is 5.69 Å². The molecule has 0 bridgehead atoms. The Hall–Kier alpha value is -4.53. The summed E-state index contributed by atoms with van der Waals surface area (Å²) in [6.45, 7) is 3.39. The Kier molecular flexibility index (Phi) is 7.48. The number of anilines is 1. The van der Waals surface area contributed by atoms with Crippen LogP contribution in [0.5, 0.6) is 0 Å². The first-order chi connectivity index (χ1) is 15.8. The molecule has 3 aromatic rings. The zero-order valence-electron chi connectivity index (χ0n) is 18.1. The Labute approximate surface area is 190 Å². The molecular weight excluding hydrogens is 422 g/mol. The quantitative estimate of drug-likeness (QED) is 0.433. The standard InChI is InChI=1S/C24H23N5O4/c1-15-7-9-17(10-8-15)22(31)27-20-6-4-3-5-19(20)24(33)26-16(2)21(30)28-29-23(32)18-11-13-25-14-12-18/h3-14,16H,1-2H3,(H,26,33)(H,27,31)(H,28,30)(H,29,32). The SMILES string of the molecule is Cc1ccc(C(=O)Nc2ccccc2C(=O)NC(C)C(=O)NNC(=O)c2ccncc2)cc1. The maximum Gasteiger partial charge on any atom is 0.269 e. The monoisotopic (exact) mass is 445 g/mol. The van der Waals surface area contributed by atoms with Gasteiger partial charge in [0.1, 0.15) is 6.04 Å². The molecular formula is C24H23N5O4. The Morgan fingerprint density at radius 2 is 1.39 bits per heavy atom. The summed E-state index contributed by atoms with van der Waals surface area (Å²) in [5.41, 5.74) is 6.84. The molecule has 1 atom stereocenters. The lowest BCUT2D eigenvalue weighted by Crippen LogP contribution is -2.51. The lowest BCUT2D eigenvalue weighted by atomic mass is 10.1. The highest BCUT2D eigenvalue weighted by Gasteiger charge is 2.20. The van der Waals surface area contributed by atoms with Crippen LogP contribution in [-0.4, -0.2) is 34.7 Å². The molecule has 168 valence electrons. The molecule has 1 aromatic heterocycles. The van der Waals surface area contributed by atoms with Gasteiger partial charge in [-0.1, -0.05) is 29.8 Å². The first-order valence-corrected chi connectivity index (χ1v) is 10.1. The summed E-state index contributed by atoms with van der Waals surface area (Å²) in [6.07, 6.45) is 2.91. The van der Waals surface area contributed by atoms with Crippen molar-refractivity contribution in [1.82, 2.24) is 21.2 Å². The second-order valence-corrected chi connectivity index (χ2v) is 7.24. The highest BCUT2D eigenvalue weighted by atomic mass is 16.2. The van der Waals surface area contributed by atoms with Crippen molar-refractivity contribution in [3.8, 4) is 0 Å². The molecule has 0 aliphatic heterocycles. The molecule has 0 saturated carbocycles. The summed E-state index contributed by atoms with van der Waals surface area (Å²) in [4.78, 5) is 53.4. The third-order valence-corrected chi connectivity index (χ3v) is 4.72. The molecule has 0 fully saturated rings.